The van der Waals surface area contributed by atoms with Gasteiger partial charge >= 0.3 is 11.8 Å². The van der Waals surface area contributed by atoms with Crippen LogP contribution in [0.25, 0.3) is 0 Å². The lowest BCUT2D eigenvalue weighted by molar-refractivity contribution is -0.139. The van der Waals surface area contributed by atoms with Crippen LogP contribution in [-0.2, 0) is 16.0 Å². The van der Waals surface area contributed by atoms with Crippen LogP contribution in [0.4, 0.5) is 0 Å². The summed E-state index contributed by atoms with van der Waals surface area (Å²) < 4.78 is 0. The van der Waals surface area contributed by atoms with E-state index >= 15 is 0 Å². The van der Waals surface area contributed by atoms with Crippen LogP contribution in [0.3, 0.4) is 0 Å². The van der Waals surface area contributed by atoms with E-state index in [4.69, 9.17) is 0 Å². The van der Waals surface area contributed by atoms with Gasteiger partial charge in [0.1, 0.15) is 0 Å². The minimum absolute atomic E-state index is 0.0514. The van der Waals surface area contributed by atoms with Crippen molar-refractivity contribution in [2.75, 3.05) is 13.1 Å². The van der Waals surface area contributed by atoms with Crippen molar-refractivity contribution in [2.24, 2.45) is 0 Å². The summed E-state index contributed by atoms with van der Waals surface area (Å²) >= 11 is 0. The predicted molar refractivity (Wildman–Crippen MR) is 77.1 cm³/mol. The SMILES string of the molecule is CCNC(=O)C(=O)NCC(C)(O)CCc1ccccc1. The second-order valence-corrected chi connectivity index (χ2v) is 5.02. The van der Waals surface area contributed by atoms with Crippen molar-refractivity contribution in [2.45, 2.75) is 32.3 Å². The van der Waals surface area contributed by atoms with Crippen molar-refractivity contribution in [1.82, 2.24) is 10.6 Å². The normalized spacial score (nSPS) is 13.3. The van der Waals surface area contributed by atoms with E-state index in [1.807, 2.05) is 30.3 Å². The van der Waals surface area contributed by atoms with E-state index in [1.54, 1.807) is 13.8 Å². The first-order valence-electron chi connectivity index (χ1n) is 6.77. The van der Waals surface area contributed by atoms with E-state index in [0.29, 0.717) is 19.4 Å². The van der Waals surface area contributed by atoms with Gasteiger partial charge in [0.2, 0.25) is 0 Å². The number of aliphatic hydroxyl groups is 1. The van der Waals surface area contributed by atoms with Crippen LogP contribution in [0.15, 0.2) is 30.3 Å². The van der Waals surface area contributed by atoms with E-state index in [-0.39, 0.29) is 6.54 Å². The van der Waals surface area contributed by atoms with E-state index in [2.05, 4.69) is 10.6 Å². The molecule has 0 aliphatic carbocycles. The first kappa shape index (κ1) is 16.2. The highest BCUT2D eigenvalue weighted by atomic mass is 16.3. The zero-order valence-electron chi connectivity index (χ0n) is 12.0. The van der Waals surface area contributed by atoms with Crippen LogP contribution < -0.4 is 10.6 Å². The quantitative estimate of drug-likeness (QED) is 0.668. The van der Waals surface area contributed by atoms with Gasteiger partial charge in [-0.3, -0.25) is 9.59 Å². The molecule has 0 bridgehead atoms. The number of carbonyl (C=O) groups excluding carboxylic acids is 2. The average molecular weight is 278 g/mol. The first-order valence-corrected chi connectivity index (χ1v) is 6.77. The standard InChI is InChI=1S/C15H22N2O3/c1-3-16-13(18)14(19)17-11-15(2,20)10-9-12-7-5-4-6-8-12/h4-8,20H,3,9-11H2,1-2H3,(H,16,18)(H,17,19). The lowest BCUT2D eigenvalue weighted by Crippen LogP contribution is -2.46. The summed E-state index contributed by atoms with van der Waals surface area (Å²) in [5.74, 6) is -1.39. The van der Waals surface area contributed by atoms with Gasteiger partial charge in [0.05, 0.1) is 5.60 Å². The molecule has 5 nitrogen and oxygen atoms in total. The molecule has 0 saturated carbocycles. The van der Waals surface area contributed by atoms with Gasteiger partial charge in [-0.05, 0) is 32.3 Å². The third-order valence-electron chi connectivity index (χ3n) is 2.97. The van der Waals surface area contributed by atoms with Crippen molar-refractivity contribution < 1.29 is 14.7 Å². The van der Waals surface area contributed by atoms with E-state index in [0.717, 1.165) is 5.56 Å². The summed E-state index contributed by atoms with van der Waals surface area (Å²) in [6, 6.07) is 9.81. The minimum Gasteiger partial charge on any atom is -0.388 e. The average Bonchev–Trinajstić information content (AvgIpc) is 2.44. The molecule has 0 radical (unpaired) electrons. The molecule has 110 valence electrons. The fourth-order valence-corrected chi connectivity index (χ4v) is 1.74. The molecule has 2 amide bonds. The van der Waals surface area contributed by atoms with Crippen molar-refractivity contribution in [3.05, 3.63) is 35.9 Å². The summed E-state index contributed by atoms with van der Waals surface area (Å²) in [6.45, 7) is 3.83. The number of aryl methyl sites for hydroxylation is 1. The molecule has 0 aliphatic rings. The third-order valence-corrected chi connectivity index (χ3v) is 2.97. The van der Waals surface area contributed by atoms with Gasteiger partial charge in [-0.25, -0.2) is 0 Å². The van der Waals surface area contributed by atoms with E-state index in [9.17, 15) is 14.7 Å². The van der Waals surface area contributed by atoms with Crippen molar-refractivity contribution in [1.29, 1.82) is 0 Å². The van der Waals surface area contributed by atoms with Gasteiger partial charge in [0, 0.05) is 13.1 Å². The Morgan fingerprint density at radius 2 is 1.75 bits per heavy atom. The Hall–Kier alpha value is -1.88. The number of amides is 2. The Morgan fingerprint density at radius 1 is 1.15 bits per heavy atom. The summed E-state index contributed by atoms with van der Waals surface area (Å²) in [5, 5.41) is 15.0. The molecule has 1 unspecified atom stereocenters. The fraction of sp³-hybridized carbons (Fsp3) is 0.467. The highest BCUT2D eigenvalue weighted by molar-refractivity contribution is 6.35. The van der Waals surface area contributed by atoms with Crippen molar-refractivity contribution in [3.63, 3.8) is 0 Å². The smallest absolute Gasteiger partial charge is 0.309 e. The minimum atomic E-state index is -1.04. The zero-order valence-corrected chi connectivity index (χ0v) is 12.0. The summed E-state index contributed by atoms with van der Waals surface area (Å²) in [5.41, 5.74) is 0.0840. The van der Waals surface area contributed by atoms with E-state index < -0.39 is 17.4 Å². The third kappa shape index (κ3) is 5.84. The Morgan fingerprint density at radius 3 is 2.35 bits per heavy atom. The molecule has 1 aromatic rings. The van der Waals surface area contributed by atoms with Crippen LogP contribution in [0.1, 0.15) is 25.8 Å². The predicted octanol–water partition coefficient (Wildman–Crippen LogP) is 0.623. The lowest BCUT2D eigenvalue weighted by Gasteiger charge is -2.23. The number of hydrogen-bond acceptors (Lipinski definition) is 3. The maximum absolute atomic E-state index is 11.4. The molecule has 1 aromatic carbocycles. The highest BCUT2D eigenvalue weighted by Gasteiger charge is 2.22. The molecule has 0 saturated heterocycles. The number of carbonyl (C=O) groups is 2. The van der Waals surface area contributed by atoms with Gasteiger partial charge < -0.3 is 15.7 Å². The Bertz CT molecular complexity index is 444. The fourth-order valence-electron chi connectivity index (χ4n) is 1.74. The molecule has 0 spiro atoms. The van der Waals surface area contributed by atoms with Crippen molar-refractivity contribution in [3.8, 4) is 0 Å². The van der Waals surface area contributed by atoms with Crippen LogP contribution in [0.2, 0.25) is 0 Å². The number of benzene rings is 1. The Kier molecular flexibility index (Phi) is 6.18. The molecule has 1 rings (SSSR count). The molecule has 1 atom stereocenters. The lowest BCUT2D eigenvalue weighted by atomic mass is 9.97. The second-order valence-electron chi connectivity index (χ2n) is 5.02. The van der Waals surface area contributed by atoms with Crippen LogP contribution in [0, 0.1) is 0 Å². The molecule has 0 fully saturated rings. The van der Waals surface area contributed by atoms with Crippen LogP contribution >= 0.6 is 0 Å². The maximum atomic E-state index is 11.4. The first-order chi connectivity index (χ1) is 9.44. The molecule has 20 heavy (non-hydrogen) atoms. The zero-order chi connectivity index (χ0) is 15.0. The topological polar surface area (TPSA) is 78.4 Å². The second kappa shape index (κ2) is 7.65. The molecule has 0 heterocycles. The van der Waals surface area contributed by atoms with Gasteiger partial charge in [0.15, 0.2) is 0 Å². The molecule has 3 N–H and O–H groups in total. The molecular formula is C15H22N2O3. The van der Waals surface area contributed by atoms with Gasteiger partial charge in [-0.15, -0.1) is 0 Å². The van der Waals surface area contributed by atoms with Gasteiger partial charge in [-0.2, -0.15) is 0 Å². The highest BCUT2D eigenvalue weighted by Crippen LogP contribution is 2.13. The summed E-state index contributed by atoms with van der Waals surface area (Å²) in [4.78, 5) is 22.7. The number of nitrogens with one attached hydrogen (secondary N) is 2. The number of likely N-dealkylation sites (N-methyl/N-ethyl adjacent to an activating group) is 1. The van der Waals surface area contributed by atoms with Crippen molar-refractivity contribution >= 4 is 11.8 Å². The van der Waals surface area contributed by atoms with Crippen LogP contribution in [0.5, 0.6) is 0 Å². The Balaban J connectivity index is 2.38. The Labute approximate surface area is 119 Å². The van der Waals surface area contributed by atoms with Gasteiger partial charge in [0.25, 0.3) is 0 Å². The largest absolute Gasteiger partial charge is 0.388 e. The molecule has 0 aliphatic heterocycles. The molecular weight excluding hydrogens is 256 g/mol. The molecule has 0 aromatic heterocycles. The van der Waals surface area contributed by atoms with Crippen LogP contribution in [-0.4, -0.2) is 35.6 Å². The molecule has 5 heteroatoms. The summed E-state index contributed by atoms with van der Waals surface area (Å²) in [7, 11) is 0. The number of rotatable bonds is 6. The summed E-state index contributed by atoms with van der Waals surface area (Å²) in [6.07, 6.45) is 1.22. The monoisotopic (exact) mass is 278 g/mol. The maximum Gasteiger partial charge on any atom is 0.309 e. The number of hydrogen-bond donors (Lipinski definition) is 3. The van der Waals surface area contributed by atoms with Gasteiger partial charge in [-0.1, -0.05) is 30.3 Å². The van der Waals surface area contributed by atoms with E-state index in [1.165, 1.54) is 0 Å².